The maximum atomic E-state index is 9.44. The molecule has 2 heterocycles. The lowest BCUT2D eigenvalue weighted by molar-refractivity contribution is 0.281. The van der Waals surface area contributed by atoms with Gasteiger partial charge in [-0.3, -0.25) is 0 Å². The monoisotopic (exact) mass is 262 g/mol. The highest BCUT2D eigenvalue weighted by molar-refractivity contribution is 5.46. The van der Waals surface area contributed by atoms with E-state index in [9.17, 15) is 5.11 Å². The summed E-state index contributed by atoms with van der Waals surface area (Å²) in [5.41, 5.74) is 2.10. The van der Waals surface area contributed by atoms with Gasteiger partial charge in [0.15, 0.2) is 0 Å². The van der Waals surface area contributed by atoms with Crippen LogP contribution in [0.5, 0.6) is 0 Å². The van der Waals surface area contributed by atoms with Crippen molar-refractivity contribution in [3.05, 3.63) is 23.4 Å². The Hall–Kier alpha value is -1.09. The highest BCUT2D eigenvalue weighted by Gasteiger charge is 2.30. The maximum Gasteiger partial charge on any atom is 0.129 e. The molecule has 3 heteroatoms. The van der Waals surface area contributed by atoms with Crippen molar-refractivity contribution in [3.8, 4) is 0 Å². The second-order valence-electron chi connectivity index (χ2n) is 5.63. The molecule has 3 nitrogen and oxygen atoms in total. The Labute approximate surface area is 116 Å². The van der Waals surface area contributed by atoms with Gasteiger partial charge in [0.2, 0.25) is 0 Å². The number of aromatic nitrogens is 1. The molecule has 1 fully saturated rings. The Morgan fingerprint density at radius 3 is 2.74 bits per heavy atom. The lowest BCUT2D eigenvalue weighted by Gasteiger charge is -2.30. The lowest BCUT2D eigenvalue weighted by Crippen LogP contribution is -2.35. The van der Waals surface area contributed by atoms with E-state index < -0.39 is 0 Å². The zero-order chi connectivity index (χ0) is 13.8. The van der Waals surface area contributed by atoms with E-state index in [1.165, 1.54) is 19.3 Å². The summed E-state index contributed by atoms with van der Waals surface area (Å²) in [5, 5.41) is 9.44. The highest BCUT2D eigenvalue weighted by atomic mass is 16.3. The third-order valence-corrected chi connectivity index (χ3v) is 4.14. The summed E-state index contributed by atoms with van der Waals surface area (Å²) in [6.45, 7) is 6.80. The topological polar surface area (TPSA) is 36.4 Å². The molecular formula is C16H26N2O. The summed E-state index contributed by atoms with van der Waals surface area (Å²) in [6.07, 6.45) is 5.74. The van der Waals surface area contributed by atoms with Crippen LogP contribution >= 0.6 is 0 Å². The van der Waals surface area contributed by atoms with Gasteiger partial charge >= 0.3 is 0 Å². The lowest BCUT2D eigenvalue weighted by atomic mass is 10.1. The van der Waals surface area contributed by atoms with Crippen LogP contribution in [-0.2, 0) is 13.0 Å². The summed E-state index contributed by atoms with van der Waals surface area (Å²) < 4.78 is 0. The molecule has 2 unspecified atom stereocenters. The molecule has 0 amide bonds. The molecule has 0 bridgehead atoms. The van der Waals surface area contributed by atoms with Gasteiger partial charge in [0.1, 0.15) is 5.82 Å². The van der Waals surface area contributed by atoms with Crippen molar-refractivity contribution in [1.29, 1.82) is 0 Å². The van der Waals surface area contributed by atoms with Crippen molar-refractivity contribution in [2.45, 2.75) is 71.6 Å². The Kier molecular flexibility index (Phi) is 4.81. The molecule has 1 aromatic heterocycles. The molecule has 1 aliphatic rings. The quantitative estimate of drug-likeness (QED) is 0.884. The van der Waals surface area contributed by atoms with Gasteiger partial charge < -0.3 is 10.0 Å². The molecule has 0 aromatic carbocycles. The Morgan fingerprint density at radius 1 is 1.32 bits per heavy atom. The highest BCUT2D eigenvalue weighted by Crippen LogP contribution is 2.31. The number of anilines is 1. The van der Waals surface area contributed by atoms with Crippen molar-refractivity contribution in [2.75, 3.05) is 4.90 Å². The molecule has 1 saturated heterocycles. The van der Waals surface area contributed by atoms with Crippen LogP contribution in [0.3, 0.4) is 0 Å². The van der Waals surface area contributed by atoms with E-state index in [2.05, 4.69) is 31.7 Å². The van der Waals surface area contributed by atoms with E-state index in [-0.39, 0.29) is 6.61 Å². The Bertz CT molecular complexity index is 419. The predicted molar refractivity (Wildman–Crippen MR) is 79.4 cm³/mol. The van der Waals surface area contributed by atoms with Gasteiger partial charge in [-0.1, -0.05) is 20.3 Å². The van der Waals surface area contributed by atoms with E-state index in [4.69, 9.17) is 4.98 Å². The average molecular weight is 262 g/mol. The molecule has 2 atom stereocenters. The maximum absolute atomic E-state index is 9.44. The molecule has 0 aliphatic carbocycles. The molecule has 0 saturated carbocycles. The summed E-state index contributed by atoms with van der Waals surface area (Å²) >= 11 is 0. The number of hydrogen-bond donors (Lipinski definition) is 1. The zero-order valence-corrected chi connectivity index (χ0v) is 12.4. The van der Waals surface area contributed by atoms with E-state index in [1.807, 2.05) is 6.07 Å². The van der Waals surface area contributed by atoms with Gasteiger partial charge in [-0.15, -0.1) is 0 Å². The van der Waals surface area contributed by atoms with E-state index in [0.717, 1.165) is 29.9 Å². The van der Waals surface area contributed by atoms with E-state index in [1.54, 1.807) is 0 Å². The fourth-order valence-corrected chi connectivity index (χ4v) is 3.13. The zero-order valence-electron chi connectivity index (χ0n) is 12.4. The standard InChI is InChI=1S/C16H26N2O/c1-4-6-14-9-13(11-19)10-16(17-14)18-12(3)7-8-15(18)5-2/h9-10,12,15,19H,4-8,11H2,1-3H3. The molecule has 19 heavy (non-hydrogen) atoms. The van der Waals surface area contributed by atoms with Crippen LogP contribution in [0.2, 0.25) is 0 Å². The van der Waals surface area contributed by atoms with Crippen LogP contribution in [0.15, 0.2) is 12.1 Å². The number of aliphatic hydroxyl groups is 1. The largest absolute Gasteiger partial charge is 0.392 e. The number of aliphatic hydroxyl groups excluding tert-OH is 1. The van der Waals surface area contributed by atoms with Gasteiger partial charge in [0.05, 0.1) is 6.61 Å². The van der Waals surface area contributed by atoms with Crippen molar-refractivity contribution < 1.29 is 5.11 Å². The first kappa shape index (κ1) is 14.3. The minimum Gasteiger partial charge on any atom is -0.392 e. The van der Waals surface area contributed by atoms with Crippen molar-refractivity contribution >= 4 is 5.82 Å². The van der Waals surface area contributed by atoms with Crippen molar-refractivity contribution in [3.63, 3.8) is 0 Å². The smallest absolute Gasteiger partial charge is 0.129 e. The van der Waals surface area contributed by atoms with Crippen molar-refractivity contribution in [1.82, 2.24) is 4.98 Å². The SMILES string of the molecule is CCCc1cc(CO)cc(N2C(C)CCC2CC)n1. The first-order valence-electron chi connectivity index (χ1n) is 7.58. The van der Waals surface area contributed by atoms with Gasteiger partial charge in [-0.05, 0) is 50.3 Å². The van der Waals surface area contributed by atoms with E-state index in [0.29, 0.717) is 12.1 Å². The number of nitrogens with zero attached hydrogens (tertiary/aromatic N) is 2. The first-order valence-corrected chi connectivity index (χ1v) is 7.58. The van der Waals surface area contributed by atoms with Gasteiger partial charge in [-0.2, -0.15) is 0 Å². The second kappa shape index (κ2) is 6.38. The fraction of sp³-hybridized carbons (Fsp3) is 0.688. The second-order valence-corrected chi connectivity index (χ2v) is 5.63. The predicted octanol–water partition coefficient (Wildman–Crippen LogP) is 3.29. The summed E-state index contributed by atoms with van der Waals surface area (Å²) in [4.78, 5) is 7.27. The van der Waals surface area contributed by atoms with Crippen LogP contribution in [0.25, 0.3) is 0 Å². The van der Waals surface area contributed by atoms with Gasteiger partial charge in [-0.25, -0.2) is 4.98 Å². The molecule has 1 aromatic rings. The molecular weight excluding hydrogens is 236 g/mol. The molecule has 1 N–H and O–H groups in total. The Balaban J connectivity index is 2.34. The third kappa shape index (κ3) is 3.08. The van der Waals surface area contributed by atoms with Crippen LogP contribution in [0, 0.1) is 0 Å². The first-order chi connectivity index (χ1) is 9.19. The minimum absolute atomic E-state index is 0.102. The number of rotatable bonds is 5. The van der Waals surface area contributed by atoms with Crippen LogP contribution in [-0.4, -0.2) is 22.2 Å². The number of hydrogen-bond acceptors (Lipinski definition) is 3. The normalized spacial score (nSPS) is 23.1. The van der Waals surface area contributed by atoms with Gasteiger partial charge in [0.25, 0.3) is 0 Å². The molecule has 0 spiro atoms. The summed E-state index contributed by atoms with van der Waals surface area (Å²) in [5.74, 6) is 1.06. The molecule has 0 radical (unpaired) electrons. The van der Waals surface area contributed by atoms with Crippen LogP contribution in [0.4, 0.5) is 5.82 Å². The third-order valence-electron chi connectivity index (χ3n) is 4.14. The van der Waals surface area contributed by atoms with Crippen molar-refractivity contribution in [2.24, 2.45) is 0 Å². The minimum atomic E-state index is 0.102. The molecule has 106 valence electrons. The summed E-state index contributed by atoms with van der Waals surface area (Å²) in [7, 11) is 0. The van der Waals surface area contributed by atoms with Crippen LogP contribution in [0.1, 0.15) is 57.7 Å². The average Bonchev–Trinajstić information content (AvgIpc) is 2.79. The van der Waals surface area contributed by atoms with Gasteiger partial charge in [0, 0.05) is 17.8 Å². The number of pyridine rings is 1. The molecule has 1 aliphatic heterocycles. The summed E-state index contributed by atoms with van der Waals surface area (Å²) in [6, 6.07) is 5.25. The van der Waals surface area contributed by atoms with Crippen LogP contribution < -0.4 is 4.90 Å². The van der Waals surface area contributed by atoms with E-state index >= 15 is 0 Å². The Morgan fingerprint density at radius 2 is 2.11 bits per heavy atom. The number of aryl methyl sites for hydroxylation is 1. The fourth-order valence-electron chi connectivity index (χ4n) is 3.13. The molecule has 2 rings (SSSR count).